The second kappa shape index (κ2) is 4.84. The SMILES string of the molecule is CNC(c1cscn1)c1cccc2cccnc12. The van der Waals surface area contributed by atoms with E-state index in [9.17, 15) is 0 Å². The molecular formula is C14H13N3S. The lowest BCUT2D eigenvalue weighted by Gasteiger charge is -2.16. The first-order chi connectivity index (χ1) is 8.90. The van der Waals surface area contributed by atoms with Crippen LogP contribution in [0.1, 0.15) is 17.3 Å². The molecule has 1 atom stereocenters. The largest absolute Gasteiger partial charge is 0.308 e. The molecule has 3 aromatic rings. The Morgan fingerprint density at radius 1 is 1.17 bits per heavy atom. The van der Waals surface area contributed by atoms with Gasteiger partial charge in [0.1, 0.15) is 0 Å². The van der Waals surface area contributed by atoms with Gasteiger partial charge in [0.2, 0.25) is 0 Å². The number of benzene rings is 1. The van der Waals surface area contributed by atoms with Crippen molar-refractivity contribution in [2.45, 2.75) is 6.04 Å². The summed E-state index contributed by atoms with van der Waals surface area (Å²) in [6.07, 6.45) is 1.83. The lowest BCUT2D eigenvalue weighted by atomic mass is 10.0. The van der Waals surface area contributed by atoms with E-state index in [1.807, 2.05) is 24.8 Å². The summed E-state index contributed by atoms with van der Waals surface area (Å²) in [7, 11) is 1.95. The van der Waals surface area contributed by atoms with E-state index < -0.39 is 0 Å². The lowest BCUT2D eigenvalue weighted by Crippen LogP contribution is -2.18. The Balaban J connectivity index is 2.18. The van der Waals surface area contributed by atoms with Crippen LogP contribution in [0.3, 0.4) is 0 Å². The average molecular weight is 255 g/mol. The molecule has 1 N–H and O–H groups in total. The topological polar surface area (TPSA) is 37.8 Å². The van der Waals surface area contributed by atoms with E-state index in [4.69, 9.17) is 0 Å². The minimum atomic E-state index is 0.0925. The summed E-state index contributed by atoms with van der Waals surface area (Å²) in [5.41, 5.74) is 5.10. The zero-order chi connectivity index (χ0) is 12.4. The second-order valence-corrected chi connectivity index (χ2v) is 4.78. The number of nitrogens with zero attached hydrogens (tertiary/aromatic N) is 2. The number of fused-ring (bicyclic) bond motifs is 1. The monoisotopic (exact) mass is 255 g/mol. The van der Waals surface area contributed by atoms with E-state index in [0.717, 1.165) is 16.6 Å². The summed E-state index contributed by atoms with van der Waals surface area (Å²) in [6.45, 7) is 0. The Bertz CT molecular complexity index is 644. The van der Waals surface area contributed by atoms with Gasteiger partial charge in [0.15, 0.2) is 0 Å². The second-order valence-electron chi connectivity index (χ2n) is 4.06. The van der Waals surface area contributed by atoms with Crippen LogP contribution in [0.25, 0.3) is 10.9 Å². The Morgan fingerprint density at radius 2 is 2.06 bits per heavy atom. The molecule has 0 spiro atoms. The minimum Gasteiger partial charge on any atom is -0.308 e. The summed E-state index contributed by atoms with van der Waals surface area (Å²) < 4.78 is 0. The maximum absolute atomic E-state index is 4.50. The number of rotatable bonds is 3. The predicted molar refractivity (Wildman–Crippen MR) is 74.8 cm³/mol. The quantitative estimate of drug-likeness (QED) is 0.781. The number of pyridine rings is 1. The Morgan fingerprint density at radius 3 is 2.83 bits per heavy atom. The fourth-order valence-corrected chi connectivity index (χ4v) is 2.77. The van der Waals surface area contributed by atoms with Gasteiger partial charge in [0.25, 0.3) is 0 Å². The number of hydrogen-bond donors (Lipinski definition) is 1. The van der Waals surface area contributed by atoms with Crippen molar-refractivity contribution < 1.29 is 0 Å². The molecule has 0 fully saturated rings. The zero-order valence-electron chi connectivity index (χ0n) is 10.00. The normalized spacial score (nSPS) is 12.7. The molecule has 1 unspecified atom stereocenters. The van der Waals surface area contributed by atoms with Crippen molar-refractivity contribution in [3.8, 4) is 0 Å². The number of thiazole rings is 1. The van der Waals surface area contributed by atoms with Gasteiger partial charge in [-0.3, -0.25) is 4.98 Å². The molecule has 0 amide bonds. The molecule has 2 aromatic heterocycles. The van der Waals surface area contributed by atoms with Crippen LogP contribution >= 0.6 is 11.3 Å². The van der Waals surface area contributed by atoms with Crippen molar-refractivity contribution in [1.29, 1.82) is 0 Å². The number of nitrogens with one attached hydrogen (secondary N) is 1. The van der Waals surface area contributed by atoms with Gasteiger partial charge >= 0.3 is 0 Å². The molecule has 0 aliphatic heterocycles. The summed E-state index contributed by atoms with van der Waals surface area (Å²) in [5.74, 6) is 0. The van der Waals surface area contributed by atoms with Gasteiger partial charge in [-0.2, -0.15) is 0 Å². The summed E-state index contributed by atoms with van der Waals surface area (Å²) in [4.78, 5) is 8.89. The van der Waals surface area contributed by atoms with Gasteiger partial charge in [-0.15, -0.1) is 11.3 Å². The predicted octanol–water partition coefficient (Wildman–Crippen LogP) is 3.00. The van der Waals surface area contributed by atoms with Gasteiger partial charge in [-0.1, -0.05) is 24.3 Å². The first-order valence-corrected chi connectivity index (χ1v) is 6.73. The van der Waals surface area contributed by atoms with E-state index >= 15 is 0 Å². The van der Waals surface area contributed by atoms with Crippen LogP contribution in [0.15, 0.2) is 47.4 Å². The van der Waals surface area contributed by atoms with E-state index in [1.165, 1.54) is 5.56 Å². The maximum atomic E-state index is 4.50. The molecule has 4 heteroatoms. The van der Waals surface area contributed by atoms with Crippen LogP contribution < -0.4 is 5.32 Å². The molecule has 0 radical (unpaired) electrons. The highest BCUT2D eigenvalue weighted by atomic mass is 32.1. The van der Waals surface area contributed by atoms with E-state index in [1.54, 1.807) is 11.3 Å². The zero-order valence-corrected chi connectivity index (χ0v) is 10.8. The van der Waals surface area contributed by atoms with Crippen LogP contribution in [-0.2, 0) is 0 Å². The van der Waals surface area contributed by atoms with Crippen molar-refractivity contribution in [3.05, 3.63) is 58.7 Å². The molecule has 0 bridgehead atoms. The highest BCUT2D eigenvalue weighted by Gasteiger charge is 2.16. The van der Waals surface area contributed by atoms with E-state index in [0.29, 0.717) is 0 Å². The van der Waals surface area contributed by atoms with Crippen molar-refractivity contribution in [2.75, 3.05) is 7.05 Å². The van der Waals surface area contributed by atoms with E-state index in [-0.39, 0.29) is 6.04 Å². The lowest BCUT2D eigenvalue weighted by molar-refractivity contribution is 0.679. The van der Waals surface area contributed by atoms with Gasteiger partial charge in [0, 0.05) is 22.5 Å². The molecule has 0 aliphatic carbocycles. The minimum absolute atomic E-state index is 0.0925. The fourth-order valence-electron chi connectivity index (χ4n) is 2.19. The van der Waals surface area contributed by atoms with Crippen molar-refractivity contribution >= 4 is 22.2 Å². The van der Waals surface area contributed by atoms with Crippen LogP contribution in [0.2, 0.25) is 0 Å². The smallest absolute Gasteiger partial charge is 0.0795 e. The van der Waals surface area contributed by atoms with Crippen molar-refractivity contribution in [3.63, 3.8) is 0 Å². The highest BCUT2D eigenvalue weighted by molar-refractivity contribution is 7.07. The number of hydrogen-bond acceptors (Lipinski definition) is 4. The van der Waals surface area contributed by atoms with Crippen LogP contribution in [0.5, 0.6) is 0 Å². The molecule has 2 heterocycles. The highest BCUT2D eigenvalue weighted by Crippen LogP contribution is 2.27. The van der Waals surface area contributed by atoms with Crippen LogP contribution in [-0.4, -0.2) is 17.0 Å². The maximum Gasteiger partial charge on any atom is 0.0795 e. The summed E-state index contributed by atoms with van der Waals surface area (Å²) >= 11 is 1.61. The standard InChI is InChI=1S/C14H13N3S/c1-15-14(12-8-18-9-17-12)11-6-2-4-10-5-3-7-16-13(10)11/h2-9,14-15H,1H3. The molecule has 0 saturated carbocycles. The van der Waals surface area contributed by atoms with Crippen molar-refractivity contribution in [1.82, 2.24) is 15.3 Å². The average Bonchev–Trinajstić information content (AvgIpc) is 2.94. The fraction of sp³-hybridized carbons (Fsp3) is 0.143. The first-order valence-electron chi connectivity index (χ1n) is 5.79. The molecule has 0 saturated heterocycles. The van der Waals surface area contributed by atoms with Gasteiger partial charge in [-0.05, 0) is 13.1 Å². The third-order valence-electron chi connectivity index (χ3n) is 3.01. The van der Waals surface area contributed by atoms with Gasteiger partial charge in [-0.25, -0.2) is 4.98 Å². The summed E-state index contributed by atoms with van der Waals surface area (Å²) in [6, 6.07) is 10.4. The number of aromatic nitrogens is 2. The summed E-state index contributed by atoms with van der Waals surface area (Å²) in [5, 5.41) is 6.55. The van der Waals surface area contributed by atoms with E-state index in [2.05, 4.69) is 44.9 Å². The third-order valence-corrected chi connectivity index (χ3v) is 3.62. The first kappa shape index (κ1) is 11.3. The van der Waals surface area contributed by atoms with Crippen LogP contribution in [0, 0.1) is 0 Å². The molecule has 0 aliphatic rings. The van der Waals surface area contributed by atoms with Crippen molar-refractivity contribution in [2.24, 2.45) is 0 Å². The third kappa shape index (κ3) is 1.89. The molecule has 90 valence electrons. The Hall–Kier alpha value is -1.78. The molecular weight excluding hydrogens is 242 g/mol. The molecule has 1 aromatic carbocycles. The molecule has 3 rings (SSSR count). The molecule has 18 heavy (non-hydrogen) atoms. The Labute approximate surface area is 110 Å². The van der Waals surface area contributed by atoms with Crippen LogP contribution in [0.4, 0.5) is 0 Å². The Kier molecular flexibility index (Phi) is 3.04. The van der Waals surface area contributed by atoms with Gasteiger partial charge < -0.3 is 5.32 Å². The van der Waals surface area contributed by atoms with Gasteiger partial charge in [0.05, 0.1) is 22.8 Å². The molecule has 3 nitrogen and oxygen atoms in total. The number of para-hydroxylation sites is 1.